The minimum atomic E-state index is -0.566. The van der Waals surface area contributed by atoms with E-state index in [2.05, 4.69) is 43.9 Å². The zero-order valence-electron chi connectivity index (χ0n) is 14.4. The molecule has 0 fully saturated rings. The van der Waals surface area contributed by atoms with Crippen molar-refractivity contribution in [1.82, 2.24) is 9.88 Å². The number of amides is 1. The number of rotatable bonds is 6. The van der Waals surface area contributed by atoms with Gasteiger partial charge in [0.05, 0.1) is 6.10 Å². The van der Waals surface area contributed by atoms with E-state index in [1.807, 2.05) is 11.5 Å². The Labute approximate surface area is 137 Å². The topological polar surface area (TPSA) is 54.3 Å². The zero-order valence-corrected chi connectivity index (χ0v) is 14.4. The van der Waals surface area contributed by atoms with Crippen molar-refractivity contribution in [1.29, 1.82) is 0 Å². The predicted molar refractivity (Wildman–Crippen MR) is 95.0 cm³/mol. The molecule has 2 aromatic rings. The number of aromatic nitrogens is 1. The lowest BCUT2D eigenvalue weighted by atomic mass is 10.0. The van der Waals surface area contributed by atoms with E-state index in [4.69, 9.17) is 0 Å². The number of aliphatic hydroxyl groups excluding tert-OH is 1. The van der Waals surface area contributed by atoms with Crippen molar-refractivity contribution in [3.63, 3.8) is 0 Å². The summed E-state index contributed by atoms with van der Waals surface area (Å²) >= 11 is 0. The van der Waals surface area contributed by atoms with Gasteiger partial charge < -0.3 is 15.0 Å². The third kappa shape index (κ3) is 3.48. The summed E-state index contributed by atoms with van der Waals surface area (Å²) in [5.41, 5.74) is 3.90. The first-order valence-corrected chi connectivity index (χ1v) is 8.06. The summed E-state index contributed by atoms with van der Waals surface area (Å²) in [7, 11) is 0. The Kier molecular flexibility index (Phi) is 5.26. The summed E-state index contributed by atoms with van der Waals surface area (Å²) in [6.07, 6.45) is 1.23. The fourth-order valence-corrected chi connectivity index (χ4v) is 2.83. The second-order valence-corrected chi connectivity index (χ2v) is 6.36. The number of benzene rings is 1. The zero-order chi connectivity index (χ0) is 17.1. The molecule has 1 heterocycles. The van der Waals surface area contributed by atoms with Gasteiger partial charge in [-0.3, -0.25) is 4.79 Å². The Morgan fingerprint density at radius 2 is 2.09 bits per heavy atom. The number of nitrogens with zero attached hydrogens (tertiary/aromatic N) is 1. The van der Waals surface area contributed by atoms with Crippen LogP contribution in [0.1, 0.15) is 48.3 Å². The monoisotopic (exact) mass is 314 g/mol. The van der Waals surface area contributed by atoms with E-state index in [9.17, 15) is 9.90 Å². The maximum atomic E-state index is 12.6. The molecule has 0 bridgehead atoms. The maximum Gasteiger partial charge on any atom is 0.268 e. The predicted octanol–water partition coefficient (Wildman–Crippen LogP) is 3.37. The van der Waals surface area contributed by atoms with Crippen LogP contribution in [0.25, 0.3) is 10.9 Å². The Hall–Kier alpha value is -2.07. The summed E-state index contributed by atoms with van der Waals surface area (Å²) in [6, 6.07) is 6.36. The number of carbonyl (C=O) groups excluding carboxylic acids is 1. The van der Waals surface area contributed by atoms with Crippen molar-refractivity contribution in [2.24, 2.45) is 0 Å². The molecule has 1 atom stereocenters. The molecule has 0 aliphatic rings. The van der Waals surface area contributed by atoms with Crippen LogP contribution < -0.4 is 5.32 Å². The molecule has 1 amide bonds. The van der Waals surface area contributed by atoms with E-state index in [0.717, 1.165) is 16.5 Å². The van der Waals surface area contributed by atoms with Gasteiger partial charge in [-0.25, -0.2) is 0 Å². The molecule has 0 saturated carbocycles. The average molecular weight is 314 g/mol. The van der Waals surface area contributed by atoms with Gasteiger partial charge in [-0.2, -0.15) is 0 Å². The van der Waals surface area contributed by atoms with Crippen LogP contribution in [0.5, 0.6) is 0 Å². The molecule has 4 heteroatoms. The Balaban J connectivity index is 2.57. The summed E-state index contributed by atoms with van der Waals surface area (Å²) in [5.74, 6) is 0.279. The molecule has 2 N–H and O–H groups in total. The van der Waals surface area contributed by atoms with Crippen LogP contribution in [0.3, 0.4) is 0 Å². The van der Waals surface area contributed by atoms with Crippen LogP contribution in [-0.2, 0) is 6.54 Å². The molecule has 0 radical (unpaired) electrons. The van der Waals surface area contributed by atoms with Gasteiger partial charge in [-0.1, -0.05) is 26.0 Å². The summed E-state index contributed by atoms with van der Waals surface area (Å²) in [5, 5.41) is 13.3. The highest BCUT2D eigenvalue weighted by molar-refractivity contribution is 6.01. The third-order valence-electron chi connectivity index (χ3n) is 4.09. The van der Waals surface area contributed by atoms with E-state index < -0.39 is 6.10 Å². The van der Waals surface area contributed by atoms with Gasteiger partial charge in [0.25, 0.3) is 5.91 Å². The number of nitrogens with one attached hydrogen (secondary N) is 1. The van der Waals surface area contributed by atoms with E-state index in [-0.39, 0.29) is 12.5 Å². The standard InChI is InChI=1S/C19H26N2O2/c1-6-9-21-17-8-7-15(12(2)3)10-16(17)14(5)18(21)19(23)20-11-13(4)22/h6-8,10,12-13,22H,1,9,11H2,2-5H3,(H,20,23). The first-order valence-electron chi connectivity index (χ1n) is 8.06. The molecule has 4 nitrogen and oxygen atoms in total. The molecule has 1 unspecified atom stereocenters. The number of aliphatic hydroxyl groups is 1. The number of carbonyl (C=O) groups is 1. The second-order valence-electron chi connectivity index (χ2n) is 6.36. The van der Waals surface area contributed by atoms with Crippen LogP contribution >= 0.6 is 0 Å². The molecule has 124 valence electrons. The first kappa shape index (κ1) is 17.3. The highest BCUT2D eigenvalue weighted by Crippen LogP contribution is 2.29. The largest absolute Gasteiger partial charge is 0.392 e. The Morgan fingerprint density at radius 1 is 1.39 bits per heavy atom. The minimum absolute atomic E-state index is 0.160. The SMILES string of the molecule is C=CCn1c(C(=O)NCC(C)O)c(C)c2cc(C(C)C)ccc21. The molecular weight excluding hydrogens is 288 g/mol. The normalized spacial score (nSPS) is 12.6. The van der Waals surface area contributed by atoms with E-state index in [1.54, 1.807) is 13.0 Å². The number of fused-ring (bicyclic) bond motifs is 1. The lowest BCUT2D eigenvalue weighted by Gasteiger charge is -2.11. The van der Waals surface area contributed by atoms with Crippen LogP contribution in [0, 0.1) is 6.92 Å². The van der Waals surface area contributed by atoms with E-state index in [1.165, 1.54) is 5.56 Å². The number of allylic oxidation sites excluding steroid dienone is 1. The molecule has 0 saturated heterocycles. The molecule has 1 aromatic heterocycles. The number of hydrogen-bond donors (Lipinski definition) is 2. The van der Waals surface area contributed by atoms with E-state index >= 15 is 0 Å². The van der Waals surface area contributed by atoms with Gasteiger partial charge in [0.15, 0.2) is 0 Å². The molecular formula is C19H26N2O2. The summed E-state index contributed by atoms with van der Waals surface area (Å²) in [6.45, 7) is 12.6. The van der Waals surface area contributed by atoms with Gasteiger partial charge >= 0.3 is 0 Å². The number of hydrogen-bond acceptors (Lipinski definition) is 2. The summed E-state index contributed by atoms with van der Waals surface area (Å²) < 4.78 is 1.99. The van der Waals surface area contributed by atoms with Gasteiger partial charge in [0, 0.05) is 24.0 Å². The average Bonchev–Trinajstić information content (AvgIpc) is 2.77. The highest BCUT2D eigenvalue weighted by atomic mass is 16.3. The van der Waals surface area contributed by atoms with Gasteiger partial charge in [0.1, 0.15) is 5.69 Å². The lowest BCUT2D eigenvalue weighted by Crippen LogP contribution is -2.32. The van der Waals surface area contributed by atoms with Crippen molar-refractivity contribution in [3.8, 4) is 0 Å². The van der Waals surface area contributed by atoms with Gasteiger partial charge in [-0.15, -0.1) is 6.58 Å². The Bertz CT molecular complexity index is 727. The van der Waals surface area contributed by atoms with Gasteiger partial charge in [-0.05, 0) is 43.0 Å². The van der Waals surface area contributed by atoms with Crippen molar-refractivity contribution in [2.75, 3.05) is 6.54 Å². The van der Waals surface area contributed by atoms with Crippen molar-refractivity contribution < 1.29 is 9.90 Å². The third-order valence-corrected chi connectivity index (χ3v) is 4.09. The molecule has 0 spiro atoms. The highest BCUT2D eigenvalue weighted by Gasteiger charge is 2.20. The minimum Gasteiger partial charge on any atom is -0.392 e. The number of aryl methyl sites for hydroxylation is 1. The second kappa shape index (κ2) is 7.01. The summed E-state index contributed by atoms with van der Waals surface area (Å²) in [4.78, 5) is 12.6. The molecule has 23 heavy (non-hydrogen) atoms. The molecule has 2 rings (SSSR count). The van der Waals surface area contributed by atoms with Crippen molar-refractivity contribution >= 4 is 16.8 Å². The lowest BCUT2D eigenvalue weighted by molar-refractivity contribution is 0.0915. The molecule has 1 aromatic carbocycles. The van der Waals surface area contributed by atoms with Crippen molar-refractivity contribution in [3.05, 3.63) is 47.7 Å². The van der Waals surface area contributed by atoms with Crippen LogP contribution in [0.15, 0.2) is 30.9 Å². The fraction of sp³-hybridized carbons (Fsp3) is 0.421. The maximum absolute atomic E-state index is 12.6. The Morgan fingerprint density at radius 3 is 2.65 bits per heavy atom. The van der Waals surface area contributed by atoms with E-state index in [0.29, 0.717) is 18.2 Å². The first-order chi connectivity index (χ1) is 10.9. The fourth-order valence-electron chi connectivity index (χ4n) is 2.83. The quantitative estimate of drug-likeness (QED) is 0.803. The van der Waals surface area contributed by atoms with Crippen LogP contribution in [0.2, 0.25) is 0 Å². The smallest absolute Gasteiger partial charge is 0.268 e. The molecule has 0 aliphatic carbocycles. The molecule has 0 aliphatic heterocycles. The van der Waals surface area contributed by atoms with Gasteiger partial charge in [0.2, 0.25) is 0 Å². The van der Waals surface area contributed by atoms with Crippen LogP contribution in [0.4, 0.5) is 0 Å². The van der Waals surface area contributed by atoms with Crippen molar-refractivity contribution in [2.45, 2.75) is 46.3 Å². The van der Waals surface area contributed by atoms with Crippen LogP contribution in [-0.4, -0.2) is 28.2 Å².